The number of nitrogens with two attached hydrogens (primary N) is 1. The molecule has 0 atom stereocenters. The Balaban J connectivity index is 2.17. The maximum atomic E-state index is 12.8. The molecule has 0 radical (unpaired) electrons. The molecule has 0 heterocycles. The van der Waals surface area contributed by atoms with Crippen molar-refractivity contribution in [1.29, 1.82) is 0 Å². The van der Waals surface area contributed by atoms with E-state index in [0.717, 1.165) is 0 Å². The molecule has 3 saturated carbocycles. The van der Waals surface area contributed by atoms with Crippen molar-refractivity contribution < 1.29 is 13.2 Å². The molecule has 3 rings (SSSR count). The van der Waals surface area contributed by atoms with Gasteiger partial charge in [0.25, 0.3) is 0 Å². The maximum Gasteiger partial charge on any atom is 0.394 e. The van der Waals surface area contributed by atoms with Crippen LogP contribution < -0.4 is 5.73 Å². The molecule has 2 N–H and O–H groups in total. The monoisotopic (exact) mass is 207 g/mol. The van der Waals surface area contributed by atoms with Gasteiger partial charge in [-0.15, -0.1) is 0 Å². The Morgan fingerprint density at radius 3 is 1.64 bits per heavy atom. The first-order valence-corrected chi connectivity index (χ1v) is 5.20. The lowest BCUT2D eigenvalue weighted by Gasteiger charge is -2.53. The van der Waals surface area contributed by atoms with Crippen LogP contribution in [0.25, 0.3) is 0 Å². The van der Waals surface area contributed by atoms with Crippen molar-refractivity contribution in [1.82, 2.24) is 0 Å². The second-order valence-corrected chi connectivity index (χ2v) is 4.98. The molecular weight excluding hydrogens is 191 g/mol. The van der Waals surface area contributed by atoms with Crippen molar-refractivity contribution in [3.8, 4) is 0 Å². The van der Waals surface area contributed by atoms with Crippen LogP contribution >= 0.6 is 0 Å². The number of halogens is 3. The van der Waals surface area contributed by atoms with E-state index in [9.17, 15) is 13.2 Å². The van der Waals surface area contributed by atoms with E-state index in [2.05, 4.69) is 0 Å². The third-order valence-electron chi connectivity index (χ3n) is 4.44. The van der Waals surface area contributed by atoms with Crippen LogP contribution in [0.15, 0.2) is 0 Å². The van der Waals surface area contributed by atoms with Gasteiger partial charge in [-0.2, -0.15) is 13.2 Å². The molecular formula is C10H16F3N. The summed E-state index contributed by atoms with van der Waals surface area (Å²) in [6, 6.07) is 0. The highest BCUT2D eigenvalue weighted by Gasteiger charge is 2.60. The molecule has 3 aliphatic carbocycles. The lowest BCUT2D eigenvalue weighted by atomic mass is 9.53. The zero-order valence-corrected chi connectivity index (χ0v) is 8.16. The minimum Gasteiger partial charge on any atom is -0.330 e. The summed E-state index contributed by atoms with van der Waals surface area (Å²) >= 11 is 0. The molecule has 0 saturated heterocycles. The third kappa shape index (κ3) is 1.27. The molecule has 0 aromatic heterocycles. The summed E-state index contributed by atoms with van der Waals surface area (Å²) in [5.74, 6) is 0. The minimum atomic E-state index is -4.01. The molecule has 0 aromatic carbocycles. The summed E-state index contributed by atoms with van der Waals surface area (Å²) in [5.41, 5.74) is 4.34. The van der Waals surface area contributed by atoms with Crippen LogP contribution in [0.1, 0.15) is 38.5 Å². The van der Waals surface area contributed by atoms with Crippen molar-refractivity contribution >= 4 is 0 Å². The summed E-state index contributed by atoms with van der Waals surface area (Å²) in [7, 11) is 0. The molecule has 0 unspecified atom stereocenters. The Hall–Kier alpha value is -0.250. The number of rotatable bonds is 1. The van der Waals surface area contributed by atoms with Gasteiger partial charge in [0.15, 0.2) is 0 Å². The van der Waals surface area contributed by atoms with Gasteiger partial charge in [0, 0.05) is 0 Å². The Morgan fingerprint density at radius 2 is 1.36 bits per heavy atom. The van der Waals surface area contributed by atoms with Gasteiger partial charge >= 0.3 is 6.18 Å². The summed E-state index contributed by atoms with van der Waals surface area (Å²) in [4.78, 5) is 0. The molecule has 82 valence electrons. The first-order valence-electron chi connectivity index (χ1n) is 5.20. The van der Waals surface area contributed by atoms with Crippen LogP contribution in [0.4, 0.5) is 13.2 Å². The van der Waals surface area contributed by atoms with Gasteiger partial charge in [-0.3, -0.25) is 0 Å². The predicted octanol–water partition coefficient (Wildman–Crippen LogP) is 2.85. The van der Waals surface area contributed by atoms with Crippen LogP contribution in [-0.4, -0.2) is 12.7 Å². The topological polar surface area (TPSA) is 26.0 Å². The van der Waals surface area contributed by atoms with E-state index in [0.29, 0.717) is 45.1 Å². The maximum absolute atomic E-state index is 12.8. The second kappa shape index (κ2) is 2.87. The van der Waals surface area contributed by atoms with E-state index in [1.807, 2.05) is 0 Å². The van der Waals surface area contributed by atoms with Crippen LogP contribution in [-0.2, 0) is 0 Å². The quantitative estimate of drug-likeness (QED) is 0.703. The van der Waals surface area contributed by atoms with Crippen molar-refractivity contribution in [2.75, 3.05) is 6.54 Å². The number of hydrogen-bond acceptors (Lipinski definition) is 1. The molecule has 14 heavy (non-hydrogen) atoms. The summed E-state index contributed by atoms with van der Waals surface area (Å²) < 4.78 is 38.5. The summed E-state index contributed by atoms with van der Waals surface area (Å²) in [5, 5.41) is 0. The van der Waals surface area contributed by atoms with E-state index in [1.165, 1.54) is 0 Å². The van der Waals surface area contributed by atoms with Gasteiger partial charge in [0.1, 0.15) is 0 Å². The molecule has 3 aliphatic rings. The fourth-order valence-electron chi connectivity index (χ4n) is 2.99. The van der Waals surface area contributed by atoms with Gasteiger partial charge < -0.3 is 5.73 Å². The van der Waals surface area contributed by atoms with E-state index < -0.39 is 11.6 Å². The Bertz CT molecular complexity index is 209. The standard InChI is InChI=1S/C10H16F3N/c11-10(12,13)9-4-1-8(7-14,2-5-9)3-6-9/h1-7,14H2. The SMILES string of the molecule is NCC12CCC(C(F)(F)F)(CC1)CC2. The highest BCUT2D eigenvalue weighted by atomic mass is 19.4. The normalized spacial score (nSPS) is 42.9. The second-order valence-electron chi connectivity index (χ2n) is 4.98. The van der Waals surface area contributed by atoms with Crippen molar-refractivity contribution in [2.45, 2.75) is 44.7 Å². The zero-order valence-electron chi connectivity index (χ0n) is 8.16. The summed E-state index contributed by atoms with van der Waals surface area (Å²) in [6.45, 7) is 0.556. The number of fused-ring (bicyclic) bond motifs is 3. The van der Waals surface area contributed by atoms with E-state index in [-0.39, 0.29) is 5.41 Å². The lowest BCUT2D eigenvalue weighted by Crippen LogP contribution is -2.51. The fraction of sp³-hybridized carbons (Fsp3) is 1.00. The van der Waals surface area contributed by atoms with E-state index >= 15 is 0 Å². The van der Waals surface area contributed by atoms with Gasteiger partial charge in [-0.25, -0.2) is 0 Å². The Labute approximate surface area is 81.8 Å². The fourth-order valence-corrected chi connectivity index (χ4v) is 2.99. The third-order valence-corrected chi connectivity index (χ3v) is 4.44. The van der Waals surface area contributed by atoms with Crippen molar-refractivity contribution in [2.24, 2.45) is 16.6 Å². The lowest BCUT2D eigenvalue weighted by molar-refractivity contribution is -0.259. The van der Waals surface area contributed by atoms with Crippen LogP contribution in [0.5, 0.6) is 0 Å². The molecule has 2 bridgehead atoms. The first-order chi connectivity index (χ1) is 6.43. The minimum absolute atomic E-state index is 0.0486. The predicted molar refractivity (Wildman–Crippen MR) is 47.7 cm³/mol. The zero-order chi connectivity index (χ0) is 10.4. The van der Waals surface area contributed by atoms with Gasteiger partial charge in [0.05, 0.1) is 5.41 Å². The molecule has 0 aromatic rings. The highest BCUT2D eigenvalue weighted by molar-refractivity contribution is 5.02. The highest BCUT2D eigenvalue weighted by Crippen LogP contribution is 2.62. The molecule has 0 amide bonds. The van der Waals surface area contributed by atoms with Gasteiger partial charge in [0.2, 0.25) is 0 Å². The van der Waals surface area contributed by atoms with Gasteiger partial charge in [-0.1, -0.05) is 0 Å². The first kappa shape index (κ1) is 10.3. The number of alkyl halides is 3. The van der Waals surface area contributed by atoms with E-state index in [1.54, 1.807) is 0 Å². The average molecular weight is 207 g/mol. The van der Waals surface area contributed by atoms with Crippen molar-refractivity contribution in [3.05, 3.63) is 0 Å². The number of hydrogen-bond donors (Lipinski definition) is 1. The average Bonchev–Trinajstić information content (AvgIpc) is 2.19. The van der Waals surface area contributed by atoms with Crippen molar-refractivity contribution in [3.63, 3.8) is 0 Å². The van der Waals surface area contributed by atoms with Gasteiger partial charge in [-0.05, 0) is 50.5 Å². The molecule has 1 nitrogen and oxygen atoms in total. The molecule has 4 heteroatoms. The largest absolute Gasteiger partial charge is 0.394 e. The Kier molecular flexibility index (Phi) is 2.11. The Morgan fingerprint density at radius 1 is 0.929 bits per heavy atom. The molecule has 3 fully saturated rings. The molecule has 0 aliphatic heterocycles. The van der Waals surface area contributed by atoms with E-state index in [4.69, 9.17) is 5.73 Å². The molecule has 0 spiro atoms. The van der Waals surface area contributed by atoms with Crippen LogP contribution in [0.3, 0.4) is 0 Å². The van der Waals surface area contributed by atoms with Crippen LogP contribution in [0, 0.1) is 10.8 Å². The van der Waals surface area contributed by atoms with Crippen LogP contribution in [0.2, 0.25) is 0 Å². The smallest absolute Gasteiger partial charge is 0.330 e. The summed E-state index contributed by atoms with van der Waals surface area (Å²) in [6.07, 6.45) is -1.10.